The van der Waals surface area contributed by atoms with Crippen molar-refractivity contribution in [2.45, 2.75) is 25.6 Å². The molecule has 0 amide bonds. The van der Waals surface area contributed by atoms with Gasteiger partial charge in [-0.25, -0.2) is 9.59 Å². The minimum absolute atomic E-state index is 0.0355. The third kappa shape index (κ3) is 4.22. The highest BCUT2D eigenvalue weighted by atomic mass is 16.5. The Kier molecular flexibility index (Phi) is 5.60. The molecule has 4 aromatic rings. The fraction of sp³-hybridized carbons (Fsp3) is 0.231. The lowest BCUT2D eigenvalue weighted by Crippen LogP contribution is -2.16. The number of fused-ring (bicyclic) bond motifs is 3. The minimum Gasteiger partial charge on any atom is -0.491 e. The molecule has 0 spiro atoms. The lowest BCUT2D eigenvalue weighted by atomic mass is 10.0. The van der Waals surface area contributed by atoms with Crippen LogP contribution in [0.3, 0.4) is 0 Å². The third-order valence-corrected chi connectivity index (χ3v) is 5.62. The van der Waals surface area contributed by atoms with Crippen molar-refractivity contribution in [2.24, 2.45) is 0 Å². The summed E-state index contributed by atoms with van der Waals surface area (Å²) >= 11 is 0. The predicted molar refractivity (Wildman–Crippen MR) is 120 cm³/mol. The Morgan fingerprint density at radius 3 is 2.69 bits per heavy atom. The zero-order chi connectivity index (χ0) is 21.9. The molecule has 1 atom stereocenters. The molecule has 1 aromatic heterocycles. The fourth-order valence-corrected chi connectivity index (χ4v) is 4.01. The molecule has 162 valence electrons. The largest absolute Gasteiger partial charge is 0.491 e. The van der Waals surface area contributed by atoms with Crippen LogP contribution in [0.4, 0.5) is 0 Å². The van der Waals surface area contributed by atoms with Gasteiger partial charge in [-0.2, -0.15) is 0 Å². The molecule has 6 heteroatoms. The topological polar surface area (TPSA) is 75.0 Å². The van der Waals surface area contributed by atoms with E-state index >= 15 is 0 Å². The van der Waals surface area contributed by atoms with Crippen LogP contribution in [-0.2, 0) is 16.1 Å². The van der Waals surface area contributed by atoms with Gasteiger partial charge in [0.05, 0.1) is 11.7 Å². The van der Waals surface area contributed by atoms with Crippen LogP contribution in [0.25, 0.3) is 21.7 Å². The molecular formula is C26H22O6. The van der Waals surface area contributed by atoms with Crippen LogP contribution in [0, 0.1) is 0 Å². The number of hydrogen-bond donors (Lipinski definition) is 0. The maximum absolute atomic E-state index is 12.6. The summed E-state index contributed by atoms with van der Waals surface area (Å²) < 4.78 is 22.2. The first-order chi connectivity index (χ1) is 15.7. The van der Waals surface area contributed by atoms with Gasteiger partial charge in [0.25, 0.3) is 0 Å². The van der Waals surface area contributed by atoms with Gasteiger partial charge in [0, 0.05) is 23.6 Å². The molecule has 5 rings (SSSR count). The van der Waals surface area contributed by atoms with Crippen molar-refractivity contribution in [3.05, 3.63) is 88.3 Å². The molecule has 32 heavy (non-hydrogen) atoms. The Morgan fingerprint density at radius 2 is 1.88 bits per heavy atom. The van der Waals surface area contributed by atoms with E-state index in [0.717, 1.165) is 35.6 Å². The predicted octanol–water partition coefficient (Wildman–Crippen LogP) is 4.86. The summed E-state index contributed by atoms with van der Waals surface area (Å²) in [4.78, 5) is 24.6. The number of benzene rings is 3. The fourth-order valence-electron chi connectivity index (χ4n) is 4.01. The van der Waals surface area contributed by atoms with Crippen molar-refractivity contribution in [3.63, 3.8) is 0 Å². The summed E-state index contributed by atoms with van der Waals surface area (Å²) in [6.07, 6.45) is 2.20. The lowest BCUT2D eigenvalue weighted by Gasteiger charge is -2.12. The van der Waals surface area contributed by atoms with E-state index in [1.807, 2.05) is 30.3 Å². The van der Waals surface area contributed by atoms with E-state index in [0.29, 0.717) is 29.1 Å². The summed E-state index contributed by atoms with van der Waals surface area (Å²) in [7, 11) is 0. The first-order valence-electron chi connectivity index (χ1n) is 10.6. The maximum atomic E-state index is 12.6. The maximum Gasteiger partial charge on any atom is 0.338 e. The molecule has 1 aliphatic heterocycles. The van der Waals surface area contributed by atoms with Gasteiger partial charge in [-0.05, 0) is 53.9 Å². The Bertz CT molecular complexity index is 1320. The number of carbonyl (C=O) groups is 1. The second-order valence-corrected chi connectivity index (χ2v) is 7.80. The van der Waals surface area contributed by atoms with E-state index in [2.05, 4.69) is 0 Å². The summed E-state index contributed by atoms with van der Waals surface area (Å²) in [5.41, 5.74) is 1.01. The van der Waals surface area contributed by atoms with Crippen LogP contribution in [-0.4, -0.2) is 25.3 Å². The Balaban J connectivity index is 1.31. The standard InChI is InChI=1S/C26H22O6/c27-24-14-19(25-22-6-2-1-4-17(22)9-12-23(25)32-24)15-31-26(28)18-7-10-20(11-8-18)30-16-21-5-3-13-29-21/h1-2,4,6-12,14,21H,3,5,13,15-16H2/t21-/m0/s1. The Hall–Kier alpha value is -3.64. The first kappa shape index (κ1) is 20.3. The van der Waals surface area contributed by atoms with Crippen LogP contribution < -0.4 is 10.4 Å². The van der Waals surface area contributed by atoms with Gasteiger partial charge < -0.3 is 18.6 Å². The van der Waals surface area contributed by atoms with Gasteiger partial charge in [0.1, 0.15) is 24.5 Å². The van der Waals surface area contributed by atoms with Crippen LogP contribution in [0.1, 0.15) is 28.8 Å². The monoisotopic (exact) mass is 430 g/mol. The van der Waals surface area contributed by atoms with E-state index in [4.69, 9.17) is 18.6 Å². The van der Waals surface area contributed by atoms with Crippen molar-refractivity contribution >= 4 is 27.7 Å². The van der Waals surface area contributed by atoms with Crippen molar-refractivity contribution in [3.8, 4) is 5.75 Å². The van der Waals surface area contributed by atoms with Gasteiger partial charge >= 0.3 is 11.6 Å². The van der Waals surface area contributed by atoms with Crippen molar-refractivity contribution in [2.75, 3.05) is 13.2 Å². The molecule has 6 nitrogen and oxygen atoms in total. The average Bonchev–Trinajstić information content (AvgIpc) is 3.34. The number of esters is 1. The molecular weight excluding hydrogens is 408 g/mol. The average molecular weight is 430 g/mol. The van der Waals surface area contributed by atoms with Crippen molar-refractivity contribution < 1.29 is 23.4 Å². The number of carbonyl (C=O) groups excluding carboxylic acids is 1. The molecule has 1 aliphatic rings. The summed E-state index contributed by atoms with van der Waals surface area (Å²) in [6.45, 7) is 1.25. The Morgan fingerprint density at radius 1 is 1.03 bits per heavy atom. The van der Waals surface area contributed by atoms with Gasteiger partial charge in [0.2, 0.25) is 0 Å². The van der Waals surface area contributed by atoms with Gasteiger partial charge in [0.15, 0.2) is 0 Å². The van der Waals surface area contributed by atoms with Crippen LogP contribution in [0.2, 0.25) is 0 Å². The molecule has 0 N–H and O–H groups in total. The second-order valence-electron chi connectivity index (χ2n) is 7.80. The molecule has 0 unspecified atom stereocenters. The molecule has 1 fully saturated rings. The molecule has 3 aromatic carbocycles. The quantitative estimate of drug-likeness (QED) is 0.247. The third-order valence-electron chi connectivity index (χ3n) is 5.62. The van der Waals surface area contributed by atoms with Crippen molar-refractivity contribution in [1.82, 2.24) is 0 Å². The molecule has 0 radical (unpaired) electrons. The van der Waals surface area contributed by atoms with E-state index in [1.54, 1.807) is 30.3 Å². The minimum atomic E-state index is -0.480. The summed E-state index contributed by atoms with van der Waals surface area (Å²) in [5.74, 6) is 0.201. The first-order valence-corrected chi connectivity index (χ1v) is 10.6. The van der Waals surface area contributed by atoms with E-state index in [-0.39, 0.29) is 12.7 Å². The molecule has 0 aliphatic carbocycles. The van der Waals surface area contributed by atoms with Gasteiger partial charge in [-0.3, -0.25) is 0 Å². The highest BCUT2D eigenvalue weighted by Crippen LogP contribution is 2.28. The molecule has 0 saturated carbocycles. The van der Waals surface area contributed by atoms with E-state index in [9.17, 15) is 9.59 Å². The zero-order valence-electron chi connectivity index (χ0n) is 17.4. The van der Waals surface area contributed by atoms with Crippen molar-refractivity contribution in [1.29, 1.82) is 0 Å². The zero-order valence-corrected chi connectivity index (χ0v) is 17.4. The molecule has 0 bridgehead atoms. The summed E-state index contributed by atoms with van der Waals surface area (Å²) in [5, 5.41) is 2.72. The van der Waals surface area contributed by atoms with E-state index < -0.39 is 11.6 Å². The highest BCUT2D eigenvalue weighted by molar-refractivity contribution is 6.07. The smallest absolute Gasteiger partial charge is 0.338 e. The van der Waals surface area contributed by atoms with Crippen LogP contribution in [0.5, 0.6) is 5.75 Å². The SMILES string of the molecule is O=C(OCc1cc(=O)oc2ccc3ccccc3c12)c1ccc(OC[C@@H]2CCCO2)cc1. The number of hydrogen-bond acceptors (Lipinski definition) is 6. The Labute approximate surface area is 184 Å². The normalized spacial score (nSPS) is 15.8. The molecule has 2 heterocycles. The van der Waals surface area contributed by atoms with Gasteiger partial charge in [-0.1, -0.05) is 30.3 Å². The summed E-state index contributed by atoms with van der Waals surface area (Å²) in [6, 6.07) is 19.7. The van der Waals surface area contributed by atoms with E-state index in [1.165, 1.54) is 6.07 Å². The molecule has 1 saturated heterocycles. The van der Waals surface area contributed by atoms with Gasteiger partial charge in [-0.15, -0.1) is 0 Å². The number of rotatable bonds is 6. The van der Waals surface area contributed by atoms with Crippen LogP contribution >= 0.6 is 0 Å². The van der Waals surface area contributed by atoms with Crippen LogP contribution in [0.15, 0.2) is 75.9 Å². The highest BCUT2D eigenvalue weighted by Gasteiger charge is 2.16. The second kappa shape index (κ2) is 8.85. The lowest BCUT2D eigenvalue weighted by molar-refractivity contribution is 0.0473. The number of ether oxygens (including phenoxy) is 3.